The van der Waals surface area contributed by atoms with E-state index < -0.39 is 20.8 Å². The van der Waals surface area contributed by atoms with E-state index in [2.05, 4.69) is 5.32 Å². The van der Waals surface area contributed by atoms with E-state index in [0.717, 1.165) is 6.42 Å². The summed E-state index contributed by atoms with van der Waals surface area (Å²) in [5.41, 5.74) is -0.914. The number of carbonyl (C=O) groups excluding carboxylic acids is 1. The topological polar surface area (TPSA) is 83.5 Å². The highest BCUT2D eigenvalue weighted by molar-refractivity contribution is 7.87. The van der Waals surface area contributed by atoms with Gasteiger partial charge < -0.3 is 5.32 Å². The van der Waals surface area contributed by atoms with Gasteiger partial charge in [-0.05, 0) is 50.1 Å². The Balaban J connectivity index is 0.000000225. The molecular formula is C15H27NO4S. The second-order valence-electron chi connectivity index (χ2n) is 7.31. The molecule has 0 aromatic heterocycles. The highest BCUT2D eigenvalue weighted by Gasteiger charge is 2.69. The van der Waals surface area contributed by atoms with Crippen LogP contribution in [0.25, 0.3) is 0 Å². The molecule has 3 aliphatic rings. The van der Waals surface area contributed by atoms with Crippen LogP contribution in [0.5, 0.6) is 0 Å². The molecule has 2 saturated carbocycles. The van der Waals surface area contributed by atoms with Gasteiger partial charge in [0.2, 0.25) is 0 Å². The molecule has 2 bridgehead atoms. The molecule has 0 aromatic rings. The Morgan fingerprint density at radius 2 is 1.71 bits per heavy atom. The van der Waals surface area contributed by atoms with Crippen LogP contribution in [0.1, 0.15) is 52.9 Å². The molecule has 3 atom stereocenters. The average molecular weight is 317 g/mol. The molecule has 0 amide bonds. The molecule has 21 heavy (non-hydrogen) atoms. The van der Waals surface area contributed by atoms with Gasteiger partial charge >= 0.3 is 0 Å². The fourth-order valence-corrected chi connectivity index (χ4v) is 5.57. The van der Waals surface area contributed by atoms with Gasteiger partial charge in [-0.3, -0.25) is 9.35 Å². The zero-order valence-corrected chi connectivity index (χ0v) is 14.0. The maximum Gasteiger partial charge on any atom is 0.275 e. The van der Waals surface area contributed by atoms with Crippen molar-refractivity contribution in [2.45, 2.75) is 58.1 Å². The summed E-state index contributed by atoms with van der Waals surface area (Å²) in [6.45, 7) is 8.17. The van der Waals surface area contributed by atoms with Gasteiger partial charge in [0.05, 0.1) is 0 Å². The number of piperidine rings is 1. The normalized spacial score (nSPS) is 38.0. The first-order valence-electron chi connectivity index (χ1n) is 7.84. The number of hydrogen-bond acceptors (Lipinski definition) is 4. The Morgan fingerprint density at radius 3 is 1.95 bits per heavy atom. The molecule has 1 aliphatic heterocycles. The third-order valence-electron chi connectivity index (χ3n) is 6.00. The zero-order chi connectivity index (χ0) is 15.9. The monoisotopic (exact) mass is 317 g/mol. The fourth-order valence-electron chi connectivity index (χ4n) is 4.15. The minimum atomic E-state index is -4.24. The van der Waals surface area contributed by atoms with Crippen molar-refractivity contribution in [1.29, 1.82) is 0 Å². The van der Waals surface area contributed by atoms with Crippen LogP contribution >= 0.6 is 0 Å². The van der Waals surface area contributed by atoms with E-state index in [1.165, 1.54) is 32.4 Å². The van der Waals surface area contributed by atoms with Crippen molar-refractivity contribution in [2.24, 2.45) is 16.7 Å². The number of hydrogen-bond donors (Lipinski definition) is 2. The van der Waals surface area contributed by atoms with Crippen LogP contribution in [0.4, 0.5) is 0 Å². The predicted molar refractivity (Wildman–Crippen MR) is 81.7 cm³/mol. The van der Waals surface area contributed by atoms with E-state index in [4.69, 9.17) is 4.55 Å². The molecule has 122 valence electrons. The van der Waals surface area contributed by atoms with Crippen LogP contribution in [-0.2, 0) is 14.9 Å². The maximum absolute atomic E-state index is 12.0. The molecule has 1 saturated heterocycles. The Kier molecular flexibility index (Phi) is 4.53. The Labute approximate surface area is 127 Å². The molecule has 2 aliphatic carbocycles. The zero-order valence-electron chi connectivity index (χ0n) is 13.2. The van der Waals surface area contributed by atoms with Crippen molar-refractivity contribution in [1.82, 2.24) is 5.32 Å². The van der Waals surface area contributed by atoms with Gasteiger partial charge in [-0.25, -0.2) is 0 Å². The molecule has 2 N–H and O–H groups in total. The highest BCUT2D eigenvalue weighted by atomic mass is 32.2. The van der Waals surface area contributed by atoms with E-state index in [9.17, 15) is 13.2 Å². The molecule has 5 nitrogen and oxygen atoms in total. The standard InChI is InChI=1S/C10H16O4S.C5H11N/c1-9(2)6-4-5-10(9,3)8(11)7(6)15(12,13)14;1-2-4-6-5-3-1/h6-7H,4-5H2,1-3H3,(H,12,13,14);6H,1-5H2. The average Bonchev–Trinajstić information content (AvgIpc) is 2.72. The minimum absolute atomic E-state index is 0.231. The Hall–Kier alpha value is -0.460. The number of nitrogens with one attached hydrogen (secondary N) is 1. The van der Waals surface area contributed by atoms with Gasteiger partial charge in [-0.15, -0.1) is 0 Å². The van der Waals surface area contributed by atoms with Crippen LogP contribution in [0.15, 0.2) is 0 Å². The minimum Gasteiger partial charge on any atom is -0.317 e. The van der Waals surface area contributed by atoms with Crippen molar-refractivity contribution >= 4 is 15.9 Å². The SMILES string of the molecule is C1CCNCC1.CC12CCC(C(S(=O)(=O)O)C1=O)C2(C)C. The lowest BCUT2D eigenvalue weighted by Crippen LogP contribution is -2.38. The number of Topliss-reactive ketones (excluding diaryl/α,β-unsaturated/α-hetero) is 1. The predicted octanol–water partition coefficient (Wildman–Crippen LogP) is 2.03. The van der Waals surface area contributed by atoms with Crippen LogP contribution in [0.3, 0.4) is 0 Å². The smallest absolute Gasteiger partial charge is 0.275 e. The summed E-state index contributed by atoms with van der Waals surface area (Å²) in [6, 6.07) is 0. The van der Waals surface area contributed by atoms with E-state index in [-0.39, 0.29) is 17.1 Å². The number of rotatable bonds is 1. The first kappa shape index (κ1) is 16.9. The second kappa shape index (κ2) is 5.63. The largest absolute Gasteiger partial charge is 0.317 e. The van der Waals surface area contributed by atoms with Crippen molar-refractivity contribution in [3.05, 3.63) is 0 Å². The van der Waals surface area contributed by atoms with Gasteiger partial charge in [-0.2, -0.15) is 8.42 Å². The van der Waals surface area contributed by atoms with Gasteiger partial charge in [-0.1, -0.05) is 27.2 Å². The van der Waals surface area contributed by atoms with Crippen molar-refractivity contribution in [3.63, 3.8) is 0 Å². The first-order valence-corrected chi connectivity index (χ1v) is 9.34. The Bertz CT molecular complexity index is 498. The van der Waals surface area contributed by atoms with Crippen LogP contribution in [-0.4, -0.2) is 37.1 Å². The van der Waals surface area contributed by atoms with E-state index in [1.54, 1.807) is 0 Å². The van der Waals surface area contributed by atoms with Crippen LogP contribution < -0.4 is 5.32 Å². The summed E-state index contributed by atoms with van der Waals surface area (Å²) in [5.74, 6) is -0.531. The summed E-state index contributed by atoms with van der Waals surface area (Å²) >= 11 is 0. The van der Waals surface area contributed by atoms with Gasteiger partial charge in [0.1, 0.15) is 5.25 Å². The van der Waals surface area contributed by atoms with E-state index in [1.807, 2.05) is 20.8 Å². The number of fused-ring (bicyclic) bond motifs is 2. The summed E-state index contributed by atoms with van der Waals surface area (Å²) in [4.78, 5) is 12.0. The summed E-state index contributed by atoms with van der Waals surface area (Å²) in [7, 11) is -4.24. The van der Waals surface area contributed by atoms with Crippen LogP contribution in [0.2, 0.25) is 0 Å². The molecule has 6 heteroatoms. The second-order valence-corrected chi connectivity index (χ2v) is 8.85. The molecule has 3 fully saturated rings. The molecule has 1 heterocycles. The molecule has 3 unspecified atom stereocenters. The molecule has 0 spiro atoms. The lowest BCUT2D eigenvalue weighted by Gasteiger charge is -2.32. The summed E-state index contributed by atoms with van der Waals surface area (Å²) in [5, 5.41) is 2.10. The molecule has 3 rings (SSSR count). The van der Waals surface area contributed by atoms with Gasteiger partial charge in [0, 0.05) is 5.41 Å². The van der Waals surface area contributed by atoms with E-state index in [0.29, 0.717) is 6.42 Å². The lowest BCUT2D eigenvalue weighted by molar-refractivity contribution is -0.128. The maximum atomic E-state index is 12.0. The summed E-state index contributed by atoms with van der Waals surface area (Å²) in [6.07, 6.45) is 5.65. The fraction of sp³-hybridized carbons (Fsp3) is 0.933. The number of carbonyl (C=O) groups is 1. The third-order valence-corrected chi connectivity index (χ3v) is 7.18. The molecular weight excluding hydrogens is 290 g/mol. The summed E-state index contributed by atoms with van der Waals surface area (Å²) < 4.78 is 31.5. The lowest BCUT2D eigenvalue weighted by atomic mass is 9.70. The van der Waals surface area contributed by atoms with Crippen LogP contribution in [0, 0.1) is 16.7 Å². The van der Waals surface area contributed by atoms with Gasteiger partial charge in [0.15, 0.2) is 5.78 Å². The van der Waals surface area contributed by atoms with Gasteiger partial charge in [0.25, 0.3) is 10.1 Å². The van der Waals surface area contributed by atoms with Crippen molar-refractivity contribution < 1.29 is 17.8 Å². The molecule has 0 radical (unpaired) electrons. The third kappa shape index (κ3) is 2.78. The molecule has 0 aromatic carbocycles. The quantitative estimate of drug-likeness (QED) is 0.723. The Morgan fingerprint density at radius 1 is 1.14 bits per heavy atom. The van der Waals surface area contributed by atoms with Crippen molar-refractivity contribution in [2.75, 3.05) is 13.1 Å². The van der Waals surface area contributed by atoms with E-state index >= 15 is 0 Å². The van der Waals surface area contributed by atoms with Crippen molar-refractivity contribution in [3.8, 4) is 0 Å². The first-order chi connectivity index (χ1) is 9.62. The highest BCUT2D eigenvalue weighted by Crippen LogP contribution is 2.64. The number of ketones is 1.